The van der Waals surface area contributed by atoms with Crippen LogP contribution < -0.4 is 10.1 Å². The second-order valence-corrected chi connectivity index (χ2v) is 7.57. The van der Waals surface area contributed by atoms with Crippen molar-refractivity contribution in [1.29, 1.82) is 0 Å². The number of hydrogen-bond acceptors (Lipinski definition) is 5. The molecule has 0 atom stereocenters. The van der Waals surface area contributed by atoms with Crippen molar-refractivity contribution < 1.29 is 19.1 Å². The van der Waals surface area contributed by atoms with Gasteiger partial charge in [0.1, 0.15) is 10.8 Å². The normalized spacial score (nSPS) is 12.5. The second-order valence-electron chi connectivity index (χ2n) is 6.47. The van der Waals surface area contributed by atoms with Gasteiger partial charge in [-0.05, 0) is 56.4 Å². The van der Waals surface area contributed by atoms with E-state index < -0.39 is 0 Å². The molecule has 0 bridgehead atoms. The van der Waals surface area contributed by atoms with Crippen molar-refractivity contribution in [2.75, 3.05) is 18.5 Å². The van der Waals surface area contributed by atoms with Gasteiger partial charge in [0.05, 0.1) is 18.8 Å². The maximum absolute atomic E-state index is 12.7. The number of fused-ring (bicyclic) bond motifs is 1. The number of ether oxygens (including phenoxy) is 2. The van der Waals surface area contributed by atoms with Gasteiger partial charge in [-0.25, -0.2) is 4.79 Å². The molecule has 27 heavy (non-hydrogen) atoms. The molecule has 1 heterocycles. The summed E-state index contributed by atoms with van der Waals surface area (Å²) in [5, 5.41) is 3.50. The van der Waals surface area contributed by atoms with Crippen LogP contribution in [0.5, 0.6) is 5.75 Å². The molecule has 0 fully saturated rings. The van der Waals surface area contributed by atoms with Crippen LogP contribution in [0.3, 0.4) is 0 Å². The minimum Gasteiger partial charge on any atom is -0.494 e. The van der Waals surface area contributed by atoms with Crippen LogP contribution in [0.15, 0.2) is 24.3 Å². The van der Waals surface area contributed by atoms with Gasteiger partial charge in [-0.1, -0.05) is 19.4 Å². The quantitative estimate of drug-likeness (QED) is 0.520. The van der Waals surface area contributed by atoms with E-state index in [1.54, 1.807) is 25.1 Å². The molecule has 1 aromatic heterocycles. The lowest BCUT2D eigenvalue weighted by atomic mass is 10.1. The highest BCUT2D eigenvalue weighted by molar-refractivity contribution is 7.17. The van der Waals surface area contributed by atoms with E-state index in [1.807, 2.05) is 6.07 Å². The minimum absolute atomic E-state index is 0.249. The maximum atomic E-state index is 12.7. The smallest absolute Gasteiger partial charge is 0.341 e. The summed E-state index contributed by atoms with van der Waals surface area (Å²) in [4.78, 5) is 26.3. The van der Waals surface area contributed by atoms with Crippen LogP contribution in [0, 0.1) is 0 Å². The summed E-state index contributed by atoms with van der Waals surface area (Å²) in [6.07, 6.45) is 4.87. The molecule has 1 amide bonds. The Hall–Kier alpha value is -2.34. The third-order valence-electron chi connectivity index (χ3n) is 4.49. The van der Waals surface area contributed by atoms with E-state index in [0.717, 1.165) is 37.7 Å². The third-order valence-corrected chi connectivity index (χ3v) is 5.70. The molecule has 0 unspecified atom stereocenters. The van der Waals surface area contributed by atoms with Crippen molar-refractivity contribution in [2.24, 2.45) is 0 Å². The maximum Gasteiger partial charge on any atom is 0.341 e. The van der Waals surface area contributed by atoms with E-state index in [9.17, 15) is 9.59 Å². The number of anilines is 1. The van der Waals surface area contributed by atoms with Gasteiger partial charge in [0.15, 0.2) is 0 Å². The Labute approximate surface area is 163 Å². The lowest BCUT2D eigenvalue weighted by Gasteiger charge is -2.09. The van der Waals surface area contributed by atoms with Crippen LogP contribution in [-0.2, 0) is 17.6 Å². The first-order chi connectivity index (χ1) is 13.1. The molecule has 1 N–H and O–H groups in total. The third kappa shape index (κ3) is 4.50. The molecular formula is C21H25NO4S. The number of aryl methyl sites for hydroxylation is 1. The SMILES string of the molecule is CCCCOc1cccc(C(=O)Nc2sc3c(c2C(=O)OCC)CCC3)c1. The Bertz CT molecular complexity index is 828. The molecule has 5 nitrogen and oxygen atoms in total. The first-order valence-corrected chi connectivity index (χ1v) is 10.3. The molecule has 1 aliphatic carbocycles. The topological polar surface area (TPSA) is 64.6 Å². The summed E-state index contributed by atoms with van der Waals surface area (Å²) in [5.74, 6) is 0.0700. The lowest BCUT2D eigenvalue weighted by Crippen LogP contribution is -2.15. The summed E-state index contributed by atoms with van der Waals surface area (Å²) in [6.45, 7) is 4.83. The van der Waals surface area contributed by atoms with Gasteiger partial charge < -0.3 is 14.8 Å². The van der Waals surface area contributed by atoms with Crippen molar-refractivity contribution in [3.8, 4) is 5.75 Å². The lowest BCUT2D eigenvalue weighted by molar-refractivity contribution is 0.0527. The number of benzene rings is 1. The van der Waals surface area contributed by atoms with E-state index in [4.69, 9.17) is 9.47 Å². The largest absolute Gasteiger partial charge is 0.494 e. The summed E-state index contributed by atoms with van der Waals surface area (Å²) < 4.78 is 10.9. The predicted octanol–water partition coefficient (Wildman–Crippen LogP) is 4.84. The van der Waals surface area contributed by atoms with Crippen LogP contribution in [0.1, 0.15) is 64.3 Å². The van der Waals surface area contributed by atoms with E-state index >= 15 is 0 Å². The molecule has 0 radical (unpaired) electrons. The van der Waals surface area contributed by atoms with Crippen molar-refractivity contribution in [3.05, 3.63) is 45.8 Å². The Morgan fingerprint density at radius 2 is 2.07 bits per heavy atom. The van der Waals surface area contributed by atoms with Crippen molar-refractivity contribution in [2.45, 2.75) is 46.0 Å². The summed E-state index contributed by atoms with van der Waals surface area (Å²) >= 11 is 1.48. The first-order valence-electron chi connectivity index (χ1n) is 9.49. The van der Waals surface area contributed by atoms with Crippen molar-refractivity contribution >= 4 is 28.2 Å². The predicted molar refractivity (Wildman–Crippen MR) is 107 cm³/mol. The fourth-order valence-electron chi connectivity index (χ4n) is 3.15. The first kappa shape index (κ1) is 19.4. The zero-order valence-corrected chi connectivity index (χ0v) is 16.6. The van der Waals surface area contributed by atoms with E-state index in [1.165, 1.54) is 16.2 Å². The second kappa shape index (κ2) is 9.04. The zero-order chi connectivity index (χ0) is 19.2. The Morgan fingerprint density at radius 1 is 1.22 bits per heavy atom. The Morgan fingerprint density at radius 3 is 2.85 bits per heavy atom. The number of thiophene rings is 1. The van der Waals surface area contributed by atoms with Gasteiger partial charge in [0.2, 0.25) is 0 Å². The molecule has 0 spiro atoms. The van der Waals surface area contributed by atoms with Crippen LogP contribution in [-0.4, -0.2) is 25.1 Å². The van der Waals surface area contributed by atoms with Crippen molar-refractivity contribution in [1.82, 2.24) is 0 Å². The zero-order valence-electron chi connectivity index (χ0n) is 15.8. The molecule has 2 aromatic rings. The van der Waals surface area contributed by atoms with E-state index in [2.05, 4.69) is 12.2 Å². The molecule has 1 aliphatic rings. The summed E-state index contributed by atoms with van der Waals surface area (Å²) in [5.41, 5.74) is 2.07. The van der Waals surface area contributed by atoms with Crippen LogP contribution >= 0.6 is 11.3 Å². The van der Waals surface area contributed by atoms with Gasteiger partial charge in [-0.2, -0.15) is 0 Å². The van der Waals surface area contributed by atoms with Crippen LogP contribution in [0.4, 0.5) is 5.00 Å². The average molecular weight is 388 g/mol. The van der Waals surface area contributed by atoms with E-state index in [0.29, 0.717) is 35.1 Å². The highest BCUT2D eigenvalue weighted by atomic mass is 32.1. The minimum atomic E-state index is -0.358. The molecule has 6 heteroatoms. The van der Waals surface area contributed by atoms with Gasteiger partial charge in [0, 0.05) is 10.4 Å². The fourth-order valence-corrected chi connectivity index (χ4v) is 4.42. The number of nitrogens with one attached hydrogen (secondary N) is 1. The fraction of sp³-hybridized carbons (Fsp3) is 0.429. The molecule has 144 valence electrons. The number of unbranched alkanes of at least 4 members (excludes halogenated alkanes) is 1. The molecule has 0 aliphatic heterocycles. The molecule has 1 aromatic carbocycles. The molecular weight excluding hydrogens is 362 g/mol. The van der Waals surface area contributed by atoms with Crippen LogP contribution in [0.2, 0.25) is 0 Å². The average Bonchev–Trinajstić information content (AvgIpc) is 3.23. The highest BCUT2D eigenvalue weighted by Gasteiger charge is 2.28. The number of esters is 1. The van der Waals surface area contributed by atoms with Gasteiger partial charge >= 0.3 is 5.97 Å². The van der Waals surface area contributed by atoms with Gasteiger partial charge in [-0.15, -0.1) is 11.3 Å². The number of amides is 1. The summed E-state index contributed by atoms with van der Waals surface area (Å²) in [7, 11) is 0. The van der Waals surface area contributed by atoms with Crippen molar-refractivity contribution in [3.63, 3.8) is 0 Å². The highest BCUT2D eigenvalue weighted by Crippen LogP contribution is 2.39. The number of carbonyl (C=O) groups excluding carboxylic acids is 2. The monoisotopic (exact) mass is 387 g/mol. The van der Waals surface area contributed by atoms with Crippen LogP contribution in [0.25, 0.3) is 0 Å². The summed E-state index contributed by atoms with van der Waals surface area (Å²) in [6, 6.07) is 7.12. The standard InChI is InChI=1S/C21H25NO4S/c1-3-5-12-26-15-9-6-8-14(13-15)19(23)22-20-18(21(24)25-4-2)16-10-7-11-17(16)27-20/h6,8-9,13H,3-5,7,10-12H2,1-2H3,(H,22,23). The number of carbonyl (C=O) groups is 2. The molecule has 0 saturated heterocycles. The molecule has 0 saturated carbocycles. The Balaban J connectivity index is 1.78. The number of rotatable bonds is 8. The van der Waals surface area contributed by atoms with E-state index in [-0.39, 0.29) is 11.9 Å². The Kier molecular flexibility index (Phi) is 6.50. The molecule has 3 rings (SSSR count). The van der Waals surface area contributed by atoms with Gasteiger partial charge in [0.25, 0.3) is 5.91 Å². The number of hydrogen-bond donors (Lipinski definition) is 1. The van der Waals surface area contributed by atoms with Gasteiger partial charge in [-0.3, -0.25) is 4.79 Å².